The lowest BCUT2D eigenvalue weighted by Gasteiger charge is -2.40. The number of carbonyl (C=O) groups excluding carboxylic acids is 1. The minimum absolute atomic E-state index is 0.325. The maximum atomic E-state index is 12.5. The van der Waals surface area contributed by atoms with E-state index in [1.165, 1.54) is 7.11 Å². The van der Waals surface area contributed by atoms with Crippen LogP contribution < -0.4 is 4.90 Å². The van der Waals surface area contributed by atoms with Gasteiger partial charge >= 0.3 is 5.97 Å². The highest BCUT2D eigenvalue weighted by molar-refractivity contribution is 5.80. The molecule has 8 bridgehead atoms. The van der Waals surface area contributed by atoms with Crippen LogP contribution in [0.5, 0.6) is 0 Å². The van der Waals surface area contributed by atoms with Crippen LogP contribution in [0.3, 0.4) is 0 Å². The summed E-state index contributed by atoms with van der Waals surface area (Å²) in [6, 6.07) is 12.0. The Bertz CT molecular complexity index is 1560. The van der Waals surface area contributed by atoms with E-state index in [1.54, 1.807) is 11.4 Å². The van der Waals surface area contributed by atoms with Gasteiger partial charge in [0, 0.05) is 49.5 Å². The summed E-state index contributed by atoms with van der Waals surface area (Å²) in [5.74, 6) is -0.0926. The highest BCUT2D eigenvalue weighted by atomic mass is 16.5. The number of hydrogen-bond donors (Lipinski definition) is 1. The van der Waals surface area contributed by atoms with Crippen molar-refractivity contribution in [2.45, 2.75) is 51.2 Å². The second-order valence-electron chi connectivity index (χ2n) is 10.4. The number of esters is 1. The second kappa shape index (κ2) is 9.85. The van der Waals surface area contributed by atoms with Crippen molar-refractivity contribution in [1.82, 2.24) is 24.4 Å². The van der Waals surface area contributed by atoms with Gasteiger partial charge in [0.05, 0.1) is 36.0 Å². The first-order valence-corrected chi connectivity index (χ1v) is 13.2. The molecule has 0 unspecified atom stereocenters. The molecule has 10 nitrogen and oxygen atoms in total. The van der Waals surface area contributed by atoms with E-state index < -0.39 is 12.1 Å². The van der Waals surface area contributed by atoms with Gasteiger partial charge in [-0.2, -0.15) is 14.7 Å². The molecular formula is C29H32N6O4. The molecule has 0 amide bonds. The maximum absolute atomic E-state index is 12.5. The fraction of sp³-hybridized carbons (Fsp3) is 0.379. The largest absolute Gasteiger partial charge is 0.495 e. The first-order valence-electron chi connectivity index (χ1n) is 13.2. The van der Waals surface area contributed by atoms with E-state index in [0.29, 0.717) is 35.8 Å². The van der Waals surface area contributed by atoms with Crippen LogP contribution in [-0.4, -0.2) is 61.3 Å². The molecule has 0 saturated carbocycles. The summed E-state index contributed by atoms with van der Waals surface area (Å²) in [7, 11) is 1.27. The van der Waals surface area contributed by atoms with E-state index in [2.05, 4.69) is 17.9 Å². The van der Waals surface area contributed by atoms with Crippen molar-refractivity contribution in [2.24, 2.45) is 0 Å². The van der Waals surface area contributed by atoms with Crippen LogP contribution in [0.1, 0.15) is 49.2 Å². The number of aliphatic hydroxyl groups is 1. The number of anilines is 1. The molecule has 4 aromatic rings. The molecule has 7 rings (SSSR count). The molecule has 1 saturated heterocycles. The van der Waals surface area contributed by atoms with Gasteiger partial charge in [-0.15, -0.1) is 0 Å². The Morgan fingerprint density at radius 1 is 1.18 bits per heavy atom. The van der Waals surface area contributed by atoms with Crippen LogP contribution in [0.15, 0.2) is 54.9 Å². The first kappa shape index (κ1) is 25.1. The van der Waals surface area contributed by atoms with E-state index >= 15 is 0 Å². The van der Waals surface area contributed by atoms with E-state index in [9.17, 15) is 9.90 Å². The minimum Gasteiger partial charge on any atom is -0.495 e. The predicted molar refractivity (Wildman–Crippen MR) is 146 cm³/mol. The van der Waals surface area contributed by atoms with Crippen molar-refractivity contribution in [3.8, 4) is 16.9 Å². The fourth-order valence-electron chi connectivity index (χ4n) is 5.38. The molecule has 1 N–H and O–H groups in total. The van der Waals surface area contributed by atoms with Gasteiger partial charge in [-0.25, -0.2) is 14.5 Å². The number of methoxy groups -OCH3 is 1. The van der Waals surface area contributed by atoms with Gasteiger partial charge in [0.15, 0.2) is 11.8 Å². The number of rotatable bonds is 2. The van der Waals surface area contributed by atoms with E-state index in [1.807, 2.05) is 53.5 Å². The number of hydrogen-bond acceptors (Lipinski definition) is 8. The molecule has 3 aliphatic heterocycles. The molecule has 6 heterocycles. The molecule has 1 aromatic carbocycles. The number of ether oxygens (including phenoxy) is 2. The SMILES string of the molecule is COC(=O)[C@@H](O)c1c(C)nc2cc3nn2c1N1CCC(C)(CC1)O/C=C/CCc1ccn(n1)-c1cccc-3c1. The topological polar surface area (TPSA) is 107 Å². The first-order chi connectivity index (χ1) is 18.8. The Morgan fingerprint density at radius 2 is 2.00 bits per heavy atom. The summed E-state index contributed by atoms with van der Waals surface area (Å²) in [5.41, 5.74) is 4.83. The molecule has 0 spiro atoms. The summed E-state index contributed by atoms with van der Waals surface area (Å²) in [6.45, 7) is 5.24. The molecule has 39 heavy (non-hydrogen) atoms. The monoisotopic (exact) mass is 528 g/mol. The molecule has 202 valence electrons. The summed E-state index contributed by atoms with van der Waals surface area (Å²) in [5, 5.41) is 20.7. The molecule has 1 fully saturated rings. The Labute approximate surface area is 226 Å². The van der Waals surface area contributed by atoms with Crippen molar-refractivity contribution >= 4 is 17.4 Å². The van der Waals surface area contributed by atoms with Crippen LogP contribution >= 0.6 is 0 Å². The van der Waals surface area contributed by atoms with Crippen molar-refractivity contribution in [2.75, 3.05) is 25.1 Å². The summed E-state index contributed by atoms with van der Waals surface area (Å²) >= 11 is 0. The number of aromatic nitrogens is 5. The van der Waals surface area contributed by atoms with Crippen molar-refractivity contribution < 1.29 is 19.4 Å². The lowest BCUT2D eigenvalue weighted by Crippen LogP contribution is -2.45. The maximum Gasteiger partial charge on any atom is 0.339 e. The second-order valence-corrected chi connectivity index (χ2v) is 10.4. The lowest BCUT2D eigenvalue weighted by molar-refractivity contribution is -0.150. The molecule has 3 aromatic heterocycles. The number of aliphatic hydroxyl groups excluding tert-OH is 1. The van der Waals surface area contributed by atoms with Gasteiger partial charge in [-0.1, -0.05) is 12.1 Å². The van der Waals surface area contributed by atoms with Crippen molar-refractivity contribution in [3.05, 3.63) is 71.9 Å². The number of carbonyl (C=O) groups is 1. The Balaban J connectivity index is 1.53. The van der Waals surface area contributed by atoms with E-state index in [4.69, 9.17) is 24.7 Å². The highest BCUT2D eigenvalue weighted by Crippen LogP contribution is 2.36. The van der Waals surface area contributed by atoms with Gasteiger partial charge in [-0.05, 0) is 51.0 Å². The third-order valence-electron chi connectivity index (χ3n) is 7.69. The number of fused-ring (bicyclic) bond motifs is 5. The number of piperidine rings is 1. The zero-order valence-electron chi connectivity index (χ0n) is 22.4. The minimum atomic E-state index is -1.49. The van der Waals surface area contributed by atoms with Gasteiger partial charge in [0.1, 0.15) is 11.4 Å². The standard InChI is InChI=1S/C29H32N6O4/c1-19-25(26(36)28(37)38-3)27-33-14-11-29(2,12-15-33)39-16-5-4-8-21-10-13-34(31-21)22-9-6-7-20(17-22)23-18-24(30-19)35(27)32-23/h5-7,9-10,13,16-18,26,36H,4,8,11-12,14-15H2,1-3H3/b16-5+/t26-/m0/s1. The molecular weight excluding hydrogens is 496 g/mol. The third kappa shape index (κ3) is 4.65. The van der Waals surface area contributed by atoms with Gasteiger partial charge < -0.3 is 19.5 Å². The zero-order valence-corrected chi connectivity index (χ0v) is 22.4. The highest BCUT2D eigenvalue weighted by Gasteiger charge is 2.36. The van der Waals surface area contributed by atoms with Gasteiger partial charge in [0.25, 0.3) is 0 Å². The quantitative estimate of drug-likeness (QED) is 0.390. The van der Waals surface area contributed by atoms with Crippen LogP contribution in [-0.2, 0) is 20.7 Å². The lowest BCUT2D eigenvalue weighted by atomic mass is 9.93. The van der Waals surface area contributed by atoms with E-state index in [-0.39, 0.29) is 5.60 Å². The summed E-state index contributed by atoms with van der Waals surface area (Å²) in [4.78, 5) is 19.4. The molecule has 3 aliphatic rings. The normalized spacial score (nSPS) is 18.2. The number of aryl methyl sites for hydroxylation is 2. The van der Waals surface area contributed by atoms with Crippen LogP contribution in [0.2, 0.25) is 0 Å². The van der Waals surface area contributed by atoms with Gasteiger partial charge in [-0.3, -0.25) is 0 Å². The van der Waals surface area contributed by atoms with Gasteiger partial charge in [0.2, 0.25) is 0 Å². The third-order valence-corrected chi connectivity index (χ3v) is 7.69. The number of benzene rings is 1. The summed E-state index contributed by atoms with van der Waals surface area (Å²) < 4.78 is 14.7. The van der Waals surface area contributed by atoms with Crippen molar-refractivity contribution in [1.29, 1.82) is 0 Å². The molecule has 1 atom stereocenters. The molecule has 0 radical (unpaired) electrons. The number of allylic oxidation sites excluding steroid dienone is 1. The average molecular weight is 529 g/mol. The average Bonchev–Trinajstić information content (AvgIpc) is 3.59. The predicted octanol–water partition coefficient (Wildman–Crippen LogP) is 3.93. The Kier molecular flexibility index (Phi) is 6.34. The molecule has 10 heteroatoms. The van der Waals surface area contributed by atoms with Crippen molar-refractivity contribution in [3.63, 3.8) is 0 Å². The van der Waals surface area contributed by atoms with Crippen LogP contribution in [0.4, 0.5) is 5.82 Å². The molecule has 0 aliphatic carbocycles. The van der Waals surface area contributed by atoms with Crippen LogP contribution in [0.25, 0.3) is 22.6 Å². The van der Waals surface area contributed by atoms with Crippen LogP contribution in [0, 0.1) is 6.92 Å². The summed E-state index contributed by atoms with van der Waals surface area (Å²) in [6.07, 6.45) is 7.51. The Hall–Kier alpha value is -4.18. The fourth-order valence-corrected chi connectivity index (χ4v) is 5.38. The zero-order chi connectivity index (χ0) is 27.1. The Morgan fingerprint density at radius 3 is 2.79 bits per heavy atom. The number of nitrogens with zero attached hydrogens (tertiary/aromatic N) is 6. The van der Waals surface area contributed by atoms with E-state index in [0.717, 1.165) is 48.3 Å². The smallest absolute Gasteiger partial charge is 0.339 e.